The predicted octanol–water partition coefficient (Wildman–Crippen LogP) is -2.02. The van der Waals surface area contributed by atoms with Crippen molar-refractivity contribution in [2.75, 3.05) is 13.2 Å². The van der Waals surface area contributed by atoms with Crippen LogP contribution >= 0.6 is 0 Å². The van der Waals surface area contributed by atoms with Crippen LogP contribution in [0.4, 0.5) is 0 Å². The molecule has 4 bridgehead atoms. The van der Waals surface area contributed by atoms with E-state index in [9.17, 15) is 15.0 Å². The molecule has 5 nitrogen and oxygen atoms in total. The minimum atomic E-state index is -0.523. The molecule has 2 aliphatic carbocycles. The van der Waals surface area contributed by atoms with E-state index in [-0.39, 0.29) is 44.0 Å². The standard InChI is InChI=1S/C16H24IO5/c1-10(2)14(20)22-15-4-11-3-12(6-15)17-16(5-11,9-15)21-13(7-18)8-19/h11-13,18-19H,1,3-9H2,2H3/q-1. The average molecular weight is 423 g/mol. The zero-order valence-electron chi connectivity index (χ0n) is 12.9. The van der Waals surface area contributed by atoms with Gasteiger partial charge in [-0.25, -0.2) is 0 Å². The van der Waals surface area contributed by atoms with Crippen molar-refractivity contribution in [2.24, 2.45) is 5.92 Å². The Morgan fingerprint density at radius 2 is 2.09 bits per heavy atom. The molecule has 4 aliphatic rings. The Morgan fingerprint density at radius 1 is 1.36 bits per heavy atom. The van der Waals surface area contributed by atoms with Gasteiger partial charge in [0.1, 0.15) is 0 Å². The van der Waals surface area contributed by atoms with Crippen molar-refractivity contribution < 1.29 is 45.7 Å². The van der Waals surface area contributed by atoms with Gasteiger partial charge in [-0.05, 0) is 0 Å². The van der Waals surface area contributed by atoms with E-state index in [0.29, 0.717) is 15.4 Å². The van der Waals surface area contributed by atoms with Gasteiger partial charge in [0, 0.05) is 0 Å². The third-order valence-corrected chi connectivity index (χ3v) is 8.86. The van der Waals surface area contributed by atoms with Crippen molar-refractivity contribution in [1.82, 2.24) is 0 Å². The van der Waals surface area contributed by atoms with E-state index in [2.05, 4.69) is 6.58 Å². The van der Waals surface area contributed by atoms with Crippen LogP contribution in [0.5, 0.6) is 0 Å². The number of carbonyl (C=O) groups is 1. The van der Waals surface area contributed by atoms with Crippen LogP contribution in [0.15, 0.2) is 12.2 Å². The number of esters is 1. The summed E-state index contributed by atoms with van der Waals surface area (Å²) in [6.45, 7) is 5.02. The summed E-state index contributed by atoms with van der Waals surface area (Å²) in [7, 11) is 0. The molecule has 2 N–H and O–H groups in total. The summed E-state index contributed by atoms with van der Waals surface area (Å²) in [4.78, 5) is 12.0. The molecular formula is C16H24IO5-. The van der Waals surface area contributed by atoms with Crippen LogP contribution in [0.3, 0.4) is 0 Å². The van der Waals surface area contributed by atoms with Crippen molar-refractivity contribution >= 4 is 5.97 Å². The molecule has 4 fully saturated rings. The molecule has 4 atom stereocenters. The number of aliphatic hydroxyl groups excluding tert-OH is 2. The molecule has 0 spiro atoms. The monoisotopic (exact) mass is 423 g/mol. The molecule has 2 saturated heterocycles. The summed E-state index contributed by atoms with van der Waals surface area (Å²) in [5.74, 6) is 0.216. The van der Waals surface area contributed by atoms with Crippen LogP contribution < -0.4 is 21.2 Å². The first-order chi connectivity index (χ1) is 10.4. The van der Waals surface area contributed by atoms with E-state index >= 15 is 0 Å². The van der Waals surface area contributed by atoms with Crippen molar-refractivity contribution in [3.63, 3.8) is 0 Å². The number of carbonyl (C=O) groups excluding carboxylic acids is 1. The van der Waals surface area contributed by atoms with Crippen LogP contribution in [-0.2, 0) is 14.3 Å². The van der Waals surface area contributed by atoms with E-state index in [1.807, 2.05) is 0 Å². The zero-order valence-corrected chi connectivity index (χ0v) is 15.0. The Bertz CT molecular complexity index is 459. The summed E-state index contributed by atoms with van der Waals surface area (Å²) < 4.78 is 12.4. The second-order valence-corrected chi connectivity index (χ2v) is 11.3. The SMILES string of the molecule is C=C(C)C(=O)OC12CC3CC(C1)[I-]C(OC(CO)CO)(C3)C2. The molecule has 126 valence electrons. The molecule has 22 heavy (non-hydrogen) atoms. The van der Waals surface area contributed by atoms with Gasteiger partial charge in [-0.15, -0.1) is 0 Å². The van der Waals surface area contributed by atoms with Gasteiger partial charge in [0.2, 0.25) is 0 Å². The van der Waals surface area contributed by atoms with Crippen molar-refractivity contribution in [2.45, 2.75) is 58.3 Å². The zero-order chi connectivity index (χ0) is 16.0. The summed E-state index contributed by atoms with van der Waals surface area (Å²) in [5.41, 5.74) is 0.0129. The average Bonchev–Trinajstić information content (AvgIpc) is 2.42. The molecule has 0 amide bonds. The van der Waals surface area contributed by atoms with Crippen molar-refractivity contribution in [1.29, 1.82) is 0 Å². The maximum absolute atomic E-state index is 12.0. The second-order valence-electron chi connectivity index (χ2n) is 6.94. The Labute approximate surface area is 141 Å². The topological polar surface area (TPSA) is 76.0 Å². The third kappa shape index (κ3) is 3.07. The van der Waals surface area contributed by atoms with Gasteiger partial charge >= 0.3 is 141 Å². The van der Waals surface area contributed by atoms with Crippen LogP contribution in [-0.4, -0.2) is 48.6 Å². The van der Waals surface area contributed by atoms with Gasteiger partial charge in [0.25, 0.3) is 0 Å². The van der Waals surface area contributed by atoms with Gasteiger partial charge in [-0.3, -0.25) is 0 Å². The number of aliphatic hydroxyl groups is 2. The summed E-state index contributed by atoms with van der Waals surface area (Å²) in [6, 6.07) is 0. The minimum absolute atomic E-state index is 0.171. The normalized spacial score (nSPS) is 39.6. The molecule has 6 heteroatoms. The third-order valence-electron chi connectivity index (χ3n) is 4.82. The Balaban J connectivity index is 1.80. The molecule has 0 aromatic carbocycles. The predicted molar refractivity (Wildman–Crippen MR) is 75.8 cm³/mol. The van der Waals surface area contributed by atoms with Crippen LogP contribution in [0.2, 0.25) is 0 Å². The number of rotatable bonds is 6. The first kappa shape index (κ1) is 16.7. The molecule has 4 unspecified atom stereocenters. The fourth-order valence-electron chi connectivity index (χ4n) is 4.22. The van der Waals surface area contributed by atoms with Gasteiger partial charge in [0.15, 0.2) is 0 Å². The molecule has 2 saturated carbocycles. The van der Waals surface area contributed by atoms with E-state index in [4.69, 9.17) is 9.47 Å². The van der Waals surface area contributed by atoms with Gasteiger partial charge in [-0.2, -0.15) is 0 Å². The van der Waals surface area contributed by atoms with Gasteiger partial charge in [-0.1, -0.05) is 0 Å². The molecular weight excluding hydrogens is 399 g/mol. The number of alkyl halides is 2. The van der Waals surface area contributed by atoms with Crippen molar-refractivity contribution in [3.8, 4) is 0 Å². The van der Waals surface area contributed by atoms with E-state index < -0.39 is 11.7 Å². The molecule has 2 aliphatic heterocycles. The molecule has 0 aromatic rings. The molecule has 0 radical (unpaired) electrons. The van der Waals surface area contributed by atoms with E-state index in [1.54, 1.807) is 6.92 Å². The molecule has 4 rings (SSSR count). The van der Waals surface area contributed by atoms with E-state index in [1.165, 1.54) is 6.42 Å². The fourth-order valence-corrected chi connectivity index (χ4v) is 10.1. The summed E-state index contributed by atoms with van der Waals surface area (Å²) >= 11 is -0.189. The number of halogens is 1. The number of ether oxygens (including phenoxy) is 2. The van der Waals surface area contributed by atoms with Gasteiger partial charge < -0.3 is 0 Å². The first-order valence-corrected chi connectivity index (χ1v) is 10.1. The van der Waals surface area contributed by atoms with Crippen LogP contribution in [0.25, 0.3) is 0 Å². The summed E-state index contributed by atoms with van der Waals surface area (Å²) in [6.07, 6.45) is 4.26. The number of hydrogen-bond acceptors (Lipinski definition) is 5. The first-order valence-electron chi connectivity index (χ1n) is 7.82. The quantitative estimate of drug-likeness (QED) is 0.223. The van der Waals surface area contributed by atoms with E-state index in [0.717, 1.165) is 25.7 Å². The Morgan fingerprint density at radius 3 is 2.68 bits per heavy atom. The second kappa shape index (κ2) is 6.03. The maximum atomic E-state index is 12.0. The number of hydrogen-bond donors (Lipinski definition) is 2. The molecule has 2 heterocycles. The Hall–Kier alpha value is -0.180. The Kier molecular flexibility index (Phi) is 4.57. The molecule has 0 aromatic heterocycles. The van der Waals surface area contributed by atoms with Crippen LogP contribution in [0, 0.1) is 5.92 Å². The van der Waals surface area contributed by atoms with Crippen molar-refractivity contribution in [3.05, 3.63) is 12.2 Å². The van der Waals surface area contributed by atoms with Gasteiger partial charge in [0.05, 0.1) is 0 Å². The summed E-state index contributed by atoms with van der Waals surface area (Å²) in [5, 5.41) is 18.7. The fraction of sp³-hybridized carbons (Fsp3) is 0.812. The van der Waals surface area contributed by atoms with Crippen LogP contribution in [0.1, 0.15) is 39.0 Å².